The first-order valence-electron chi connectivity index (χ1n) is 12.1. The van der Waals surface area contributed by atoms with E-state index in [-0.39, 0.29) is 12.5 Å². The summed E-state index contributed by atoms with van der Waals surface area (Å²) < 4.78 is 73.2. The zero-order valence-corrected chi connectivity index (χ0v) is 22.9. The van der Waals surface area contributed by atoms with Crippen LogP contribution in [0.15, 0.2) is 64.9 Å². The van der Waals surface area contributed by atoms with Crippen LogP contribution in [0.5, 0.6) is 5.75 Å². The van der Waals surface area contributed by atoms with Gasteiger partial charge in [0.15, 0.2) is 0 Å². The maximum absolute atomic E-state index is 13.8. The van der Waals surface area contributed by atoms with E-state index in [0.717, 1.165) is 38.5 Å². The number of hydrogen-bond acceptors (Lipinski definition) is 5. The molecule has 0 aliphatic carbocycles. The Morgan fingerprint density at radius 1 is 1.16 bits per heavy atom. The van der Waals surface area contributed by atoms with E-state index in [0.29, 0.717) is 24.8 Å². The van der Waals surface area contributed by atoms with Gasteiger partial charge in [-0.15, -0.1) is 11.3 Å². The van der Waals surface area contributed by atoms with Crippen molar-refractivity contribution in [3.8, 4) is 5.75 Å². The predicted molar refractivity (Wildman–Crippen MR) is 140 cm³/mol. The number of methoxy groups -OCH3 is 1. The number of thiophene rings is 1. The van der Waals surface area contributed by atoms with E-state index in [1.807, 2.05) is 35.7 Å². The molecule has 0 spiro atoms. The van der Waals surface area contributed by atoms with Crippen molar-refractivity contribution in [3.05, 3.63) is 81.5 Å². The van der Waals surface area contributed by atoms with Gasteiger partial charge >= 0.3 is 6.18 Å². The highest BCUT2D eigenvalue weighted by atomic mass is 32.2. The van der Waals surface area contributed by atoms with Crippen molar-refractivity contribution in [3.63, 3.8) is 0 Å². The fraction of sp³-hybridized carbons (Fsp3) is 0.370. The molecule has 0 bridgehead atoms. The van der Waals surface area contributed by atoms with Gasteiger partial charge in [-0.3, -0.25) is 4.79 Å². The summed E-state index contributed by atoms with van der Waals surface area (Å²) in [6, 6.07) is 12.6. The molecule has 1 amide bonds. The number of rotatable bonds is 8. The van der Waals surface area contributed by atoms with Crippen LogP contribution >= 0.6 is 11.3 Å². The highest BCUT2D eigenvalue weighted by molar-refractivity contribution is 7.89. The van der Waals surface area contributed by atoms with Crippen molar-refractivity contribution in [1.82, 2.24) is 9.21 Å². The first kappa shape index (κ1) is 28.1. The minimum absolute atomic E-state index is 0.0188. The van der Waals surface area contributed by atoms with Gasteiger partial charge in [0.1, 0.15) is 5.75 Å². The van der Waals surface area contributed by atoms with E-state index < -0.39 is 45.2 Å². The normalized spacial score (nSPS) is 16.1. The van der Waals surface area contributed by atoms with Gasteiger partial charge < -0.3 is 9.64 Å². The van der Waals surface area contributed by atoms with Crippen LogP contribution in [0, 0.1) is 5.92 Å². The summed E-state index contributed by atoms with van der Waals surface area (Å²) in [5, 5.41) is 1.97. The first-order chi connectivity index (χ1) is 17.9. The molecule has 0 saturated heterocycles. The van der Waals surface area contributed by atoms with E-state index in [2.05, 4.69) is 0 Å². The van der Waals surface area contributed by atoms with Crippen LogP contribution in [0.25, 0.3) is 0 Å². The topological polar surface area (TPSA) is 66.9 Å². The van der Waals surface area contributed by atoms with Crippen LogP contribution in [0.1, 0.15) is 41.5 Å². The summed E-state index contributed by atoms with van der Waals surface area (Å²) in [5.74, 6) is 0.0905. The molecule has 0 N–H and O–H groups in total. The monoisotopic (exact) mass is 566 g/mol. The second-order valence-corrected chi connectivity index (χ2v) is 12.5. The molecule has 11 heteroatoms. The zero-order valence-electron chi connectivity index (χ0n) is 21.2. The molecule has 0 fully saturated rings. The molecule has 1 aliphatic heterocycles. The van der Waals surface area contributed by atoms with Crippen molar-refractivity contribution < 1.29 is 31.1 Å². The Balaban J connectivity index is 1.67. The van der Waals surface area contributed by atoms with Crippen LogP contribution < -0.4 is 4.74 Å². The van der Waals surface area contributed by atoms with Crippen molar-refractivity contribution in [1.29, 1.82) is 0 Å². The minimum atomic E-state index is -4.69. The molecule has 38 heavy (non-hydrogen) atoms. The first-order valence-corrected chi connectivity index (χ1v) is 14.4. The van der Waals surface area contributed by atoms with E-state index in [1.165, 1.54) is 0 Å². The Morgan fingerprint density at radius 3 is 2.50 bits per heavy atom. The van der Waals surface area contributed by atoms with Crippen LogP contribution in [-0.2, 0) is 27.4 Å². The summed E-state index contributed by atoms with van der Waals surface area (Å²) in [6.45, 7) is 3.47. The van der Waals surface area contributed by atoms with E-state index in [1.54, 1.807) is 37.2 Å². The molecular formula is C27H29F3N2O4S2. The van der Waals surface area contributed by atoms with Gasteiger partial charge in [-0.25, -0.2) is 8.42 Å². The van der Waals surface area contributed by atoms with E-state index in [4.69, 9.17) is 4.74 Å². The van der Waals surface area contributed by atoms with Crippen LogP contribution in [0.4, 0.5) is 13.2 Å². The lowest BCUT2D eigenvalue weighted by molar-refractivity contribution is -0.137. The van der Waals surface area contributed by atoms with Gasteiger partial charge in [-0.1, -0.05) is 32.0 Å². The standard InChI is InChI=1S/C27H29F3N2O4S2/c1-18(2)16-31(38(34,35)22-6-4-5-20(15-22)27(28,29)30)17-25(33)32-13-11-24-23(12-14-37-24)26(32)19-7-9-21(36-3)10-8-19/h4-10,12,14-15,18,26H,11,13,16-17H2,1-3H3. The van der Waals surface area contributed by atoms with Gasteiger partial charge in [0.25, 0.3) is 0 Å². The summed E-state index contributed by atoms with van der Waals surface area (Å²) in [6.07, 6.45) is -4.06. The number of nitrogens with zero attached hydrogens (tertiary/aromatic N) is 2. The number of sulfonamides is 1. The molecule has 204 valence electrons. The van der Waals surface area contributed by atoms with Crippen molar-refractivity contribution in [2.24, 2.45) is 5.92 Å². The molecule has 1 unspecified atom stereocenters. The SMILES string of the molecule is COc1ccc(C2c3ccsc3CCN2C(=O)CN(CC(C)C)S(=O)(=O)c2cccc(C(F)(F)F)c2)cc1. The predicted octanol–water partition coefficient (Wildman–Crippen LogP) is 5.60. The third-order valence-electron chi connectivity index (χ3n) is 6.40. The lowest BCUT2D eigenvalue weighted by Crippen LogP contribution is -2.47. The van der Waals surface area contributed by atoms with Gasteiger partial charge in [0.05, 0.1) is 30.2 Å². The van der Waals surface area contributed by atoms with Crippen molar-refractivity contribution >= 4 is 27.3 Å². The molecule has 1 aromatic heterocycles. The van der Waals surface area contributed by atoms with Gasteiger partial charge in [0.2, 0.25) is 15.9 Å². The summed E-state index contributed by atoms with van der Waals surface area (Å²) in [7, 11) is -2.82. The Labute approximate surface area is 224 Å². The molecule has 1 aliphatic rings. The molecule has 6 nitrogen and oxygen atoms in total. The van der Waals surface area contributed by atoms with Gasteiger partial charge in [-0.05, 0) is 65.2 Å². The Morgan fingerprint density at radius 2 is 1.87 bits per heavy atom. The second kappa shape index (κ2) is 11.1. The highest BCUT2D eigenvalue weighted by Gasteiger charge is 2.37. The summed E-state index contributed by atoms with van der Waals surface area (Å²) in [5.41, 5.74) is 0.778. The number of alkyl halides is 3. The fourth-order valence-corrected chi connectivity index (χ4v) is 7.11. The number of amides is 1. The number of fused-ring (bicyclic) bond motifs is 1. The Kier molecular flexibility index (Phi) is 8.20. The maximum atomic E-state index is 13.8. The molecule has 0 radical (unpaired) electrons. The lowest BCUT2D eigenvalue weighted by atomic mass is 9.93. The smallest absolute Gasteiger partial charge is 0.416 e. The van der Waals surface area contributed by atoms with E-state index in [9.17, 15) is 26.4 Å². The molecule has 0 saturated carbocycles. The molecular weight excluding hydrogens is 537 g/mol. The van der Waals surface area contributed by atoms with Crippen LogP contribution in [-0.4, -0.2) is 50.3 Å². The Bertz CT molecular complexity index is 1390. The molecule has 3 aromatic rings. The minimum Gasteiger partial charge on any atom is -0.497 e. The number of carbonyl (C=O) groups excluding carboxylic acids is 1. The lowest BCUT2D eigenvalue weighted by Gasteiger charge is -2.37. The molecule has 2 heterocycles. The zero-order chi connectivity index (χ0) is 27.7. The van der Waals surface area contributed by atoms with Crippen molar-refractivity contribution in [2.75, 3.05) is 26.7 Å². The average Bonchev–Trinajstić information content (AvgIpc) is 3.36. The second-order valence-electron chi connectivity index (χ2n) is 9.53. The van der Waals surface area contributed by atoms with Crippen LogP contribution in [0.2, 0.25) is 0 Å². The highest BCUT2D eigenvalue weighted by Crippen LogP contribution is 2.38. The quantitative estimate of drug-likeness (QED) is 0.356. The van der Waals surface area contributed by atoms with Crippen molar-refractivity contribution in [2.45, 2.75) is 37.4 Å². The third kappa shape index (κ3) is 5.89. The maximum Gasteiger partial charge on any atom is 0.416 e. The summed E-state index contributed by atoms with van der Waals surface area (Å²) >= 11 is 1.61. The number of halogens is 3. The van der Waals surface area contributed by atoms with E-state index >= 15 is 0 Å². The Hall–Kier alpha value is -2.89. The number of hydrogen-bond donors (Lipinski definition) is 0. The number of ether oxygens (including phenoxy) is 1. The van der Waals surface area contributed by atoms with Crippen LogP contribution in [0.3, 0.4) is 0 Å². The fourth-order valence-electron chi connectivity index (χ4n) is 4.61. The number of benzene rings is 2. The van der Waals surface area contributed by atoms with Gasteiger partial charge in [-0.2, -0.15) is 17.5 Å². The number of carbonyl (C=O) groups is 1. The molecule has 4 rings (SSSR count). The molecule has 1 atom stereocenters. The van der Waals surface area contributed by atoms with Gasteiger partial charge in [0, 0.05) is 18.0 Å². The largest absolute Gasteiger partial charge is 0.497 e. The third-order valence-corrected chi connectivity index (χ3v) is 9.20. The summed E-state index contributed by atoms with van der Waals surface area (Å²) in [4.78, 5) is 16.1. The average molecular weight is 567 g/mol. The molecule has 2 aromatic carbocycles.